The third-order valence-electron chi connectivity index (χ3n) is 2.47. The molecule has 16 heavy (non-hydrogen) atoms. The maximum absolute atomic E-state index is 9.21. The summed E-state index contributed by atoms with van der Waals surface area (Å²) in [5.74, 6) is 0. The van der Waals surface area contributed by atoms with Gasteiger partial charge < -0.3 is 15.1 Å². The average Bonchev–Trinajstić information content (AvgIpc) is 2.63. The number of aliphatic hydroxyl groups excluding tert-OH is 2. The predicted molar refractivity (Wildman–Crippen MR) is 70.6 cm³/mol. The zero-order valence-corrected chi connectivity index (χ0v) is 12.0. The first-order valence-electron chi connectivity index (χ1n) is 5.13. The van der Waals surface area contributed by atoms with Gasteiger partial charge in [-0.1, -0.05) is 6.92 Å². The molecule has 0 aromatic carbocycles. The molecule has 1 rings (SSSR count). The maximum Gasteiger partial charge on any atom is 0.0701 e. The van der Waals surface area contributed by atoms with Gasteiger partial charge in [-0.2, -0.15) is 0 Å². The highest BCUT2D eigenvalue weighted by molar-refractivity contribution is 9.11. The Balaban J connectivity index is 2.50. The second-order valence-corrected chi connectivity index (χ2v) is 7.05. The highest BCUT2D eigenvalue weighted by Gasteiger charge is 2.24. The van der Waals surface area contributed by atoms with Crippen LogP contribution in [-0.2, 0) is 6.54 Å². The number of aliphatic hydroxyl groups is 2. The van der Waals surface area contributed by atoms with E-state index in [1.54, 1.807) is 11.3 Å². The van der Waals surface area contributed by atoms with Crippen LogP contribution in [-0.4, -0.2) is 41.9 Å². The topological polar surface area (TPSA) is 43.7 Å². The van der Waals surface area contributed by atoms with Crippen LogP contribution >= 0.6 is 27.3 Å². The van der Waals surface area contributed by atoms with Crippen LogP contribution < -0.4 is 0 Å². The van der Waals surface area contributed by atoms with Gasteiger partial charge in [0.1, 0.15) is 0 Å². The molecule has 3 nitrogen and oxygen atoms in total. The van der Waals surface area contributed by atoms with E-state index in [0.717, 1.165) is 10.3 Å². The van der Waals surface area contributed by atoms with Gasteiger partial charge in [0.2, 0.25) is 0 Å². The smallest absolute Gasteiger partial charge is 0.0701 e. The number of hydrogen-bond acceptors (Lipinski definition) is 4. The number of thiophene rings is 1. The Kier molecular flexibility index (Phi) is 5.40. The Morgan fingerprint density at radius 1 is 1.38 bits per heavy atom. The molecule has 1 aromatic rings. The first-order chi connectivity index (χ1) is 7.49. The summed E-state index contributed by atoms with van der Waals surface area (Å²) < 4.78 is 1.13. The molecule has 0 atom stereocenters. The molecular weight excluding hydrogens is 290 g/mol. The van der Waals surface area contributed by atoms with Crippen molar-refractivity contribution in [3.8, 4) is 0 Å². The number of rotatable bonds is 6. The molecule has 1 aromatic heterocycles. The van der Waals surface area contributed by atoms with Gasteiger partial charge in [-0.25, -0.2) is 0 Å². The molecule has 0 unspecified atom stereocenters. The van der Waals surface area contributed by atoms with Crippen LogP contribution in [0.1, 0.15) is 11.8 Å². The Morgan fingerprint density at radius 3 is 2.44 bits per heavy atom. The van der Waals surface area contributed by atoms with Gasteiger partial charge in [0.25, 0.3) is 0 Å². The molecular formula is C11H18BrNO2S. The van der Waals surface area contributed by atoms with E-state index in [1.807, 2.05) is 20.0 Å². The monoisotopic (exact) mass is 307 g/mol. The van der Waals surface area contributed by atoms with Crippen molar-refractivity contribution in [3.05, 3.63) is 20.8 Å². The summed E-state index contributed by atoms with van der Waals surface area (Å²) in [6, 6.07) is 4.12. The minimum absolute atomic E-state index is 0.00196. The quantitative estimate of drug-likeness (QED) is 0.844. The summed E-state index contributed by atoms with van der Waals surface area (Å²) in [6.45, 7) is 3.40. The van der Waals surface area contributed by atoms with E-state index in [0.29, 0.717) is 6.54 Å². The number of hydrogen-bond donors (Lipinski definition) is 2. The largest absolute Gasteiger partial charge is 0.396 e. The SMILES string of the molecule is CN(Cc1ccc(Br)s1)CC(C)(CO)CO. The molecule has 0 saturated heterocycles. The van der Waals surface area contributed by atoms with E-state index in [1.165, 1.54) is 4.88 Å². The van der Waals surface area contributed by atoms with Crippen LogP contribution in [0.25, 0.3) is 0 Å². The lowest BCUT2D eigenvalue weighted by Gasteiger charge is -2.30. The minimum atomic E-state index is -0.427. The lowest BCUT2D eigenvalue weighted by molar-refractivity contribution is 0.0404. The van der Waals surface area contributed by atoms with Crippen molar-refractivity contribution in [3.63, 3.8) is 0 Å². The fraction of sp³-hybridized carbons (Fsp3) is 0.636. The van der Waals surface area contributed by atoms with Crippen molar-refractivity contribution in [2.24, 2.45) is 5.41 Å². The van der Waals surface area contributed by atoms with E-state index in [9.17, 15) is 10.2 Å². The van der Waals surface area contributed by atoms with Gasteiger partial charge in [-0.15, -0.1) is 11.3 Å². The van der Waals surface area contributed by atoms with Crippen molar-refractivity contribution in [1.82, 2.24) is 4.90 Å². The van der Waals surface area contributed by atoms with E-state index in [-0.39, 0.29) is 13.2 Å². The fourth-order valence-electron chi connectivity index (χ4n) is 1.56. The van der Waals surface area contributed by atoms with Gasteiger partial charge in [0.15, 0.2) is 0 Å². The molecule has 0 aliphatic heterocycles. The number of halogens is 1. The highest BCUT2D eigenvalue weighted by atomic mass is 79.9. The Labute approximate surface area is 109 Å². The van der Waals surface area contributed by atoms with Crippen molar-refractivity contribution in [2.75, 3.05) is 26.8 Å². The normalized spacial score (nSPS) is 12.4. The summed E-state index contributed by atoms with van der Waals surface area (Å²) in [6.07, 6.45) is 0. The molecule has 92 valence electrons. The second kappa shape index (κ2) is 6.12. The van der Waals surface area contributed by atoms with E-state index < -0.39 is 5.41 Å². The van der Waals surface area contributed by atoms with Gasteiger partial charge in [-0.3, -0.25) is 0 Å². The van der Waals surface area contributed by atoms with Gasteiger partial charge in [-0.05, 0) is 35.1 Å². The summed E-state index contributed by atoms with van der Waals surface area (Å²) >= 11 is 5.14. The third-order valence-corrected chi connectivity index (χ3v) is 4.08. The standard InChI is InChI=1S/C11H18BrNO2S/c1-11(7-14,8-15)6-13(2)5-9-3-4-10(12)16-9/h3-4,14-15H,5-8H2,1-2H3. The molecule has 0 spiro atoms. The Morgan fingerprint density at radius 2 is 2.00 bits per heavy atom. The fourth-order valence-corrected chi connectivity index (χ4v) is 3.12. The molecule has 0 aliphatic rings. The van der Waals surface area contributed by atoms with Crippen LogP contribution in [0.4, 0.5) is 0 Å². The van der Waals surface area contributed by atoms with Crippen LogP contribution in [0, 0.1) is 5.41 Å². The highest BCUT2D eigenvalue weighted by Crippen LogP contribution is 2.24. The van der Waals surface area contributed by atoms with Crippen molar-refractivity contribution < 1.29 is 10.2 Å². The van der Waals surface area contributed by atoms with Crippen molar-refractivity contribution in [1.29, 1.82) is 0 Å². The van der Waals surface area contributed by atoms with Crippen LogP contribution in [0.2, 0.25) is 0 Å². The van der Waals surface area contributed by atoms with Crippen molar-refractivity contribution in [2.45, 2.75) is 13.5 Å². The molecule has 0 aliphatic carbocycles. The zero-order valence-electron chi connectivity index (χ0n) is 9.61. The van der Waals surface area contributed by atoms with Crippen LogP contribution in [0.15, 0.2) is 15.9 Å². The van der Waals surface area contributed by atoms with Crippen LogP contribution in [0.3, 0.4) is 0 Å². The molecule has 0 saturated carbocycles. The third kappa shape index (κ3) is 4.14. The summed E-state index contributed by atoms with van der Waals surface area (Å²) in [5, 5.41) is 18.4. The minimum Gasteiger partial charge on any atom is -0.396 e. The first-order valence-corrected chi connectivity index (χ1v) is 6.74. The molecule has 0 amide bonds. The Bertz CT molecular complexity index is 326. The molecule has 0 radical (unpaired) electrons. The van der Waals surface area contributed by atoms with Crippen molar-refractivity contribution >= 4 is 27.3 Å². The predicted octanol–water partition coefficient (Wildman–Crippen LogP) is 1.93. The lowest BCUT2D eigenvalue weighted by Crippen LogP contribution is -2.38. The average molecular weight is 308 g/mol. The van der Waals surface area contributed by atoms with Gasteiger partial charge >= 0.3 is 0 Å². The molecule has 0 fully saturated rings. The van der Waals surface area contributed by atoms with E-state index in [2.05, 4.69) is 26.9 Å². The second-order valence-electron chi connectivity index (χ2n) is 4.50. The summed E-state index contributed by atoms with van der Waals surface area (Å²) in [4.78, 5) is 3.39. The molecule has 5 heteroatoms. The first kappa shape index (κ1) is 14.1. The lowest BCUT2D eigenvalue weighted by atomic mass is 9.92. The Hall–Kier alpha value is 0.0600. The molecule has 1 heterocycles. The van der Waals surface area contributed by atoms with Gasteiger partial charge in [0, 0.05) is 23.4 Å². The van der Waals surface area contributed by atoms with E-state index >= 15 is 0 Å². The maximum atomic E-state index is 9.21. The summed E-state index contributed by atoms with van der Waals surface area (Å²) in [5.41, 5.74) is -0.427. The van der Waals surface area contributed by atoms with Gasteiger partial charge in [0.05, 0.1) is 17.0 Å². The summed E-state index contributed by atoms with van der Waals surface area (Å²) in [7, 11) is 2.00. The van der Waals surface area contributed by atoms with Crippen LogP contribution in [0.5, 0.6) is 0 Å². The zero-order chi connectivity index (χ0) is 12.2. The molecule has 0 bridgehead atoms. The number of nitrogens with zero attached hydrogens (tertiary/aromatic N) is 1. The van der Waals surface area contributed by atoms with E-state index in [4.69, 9.17) is 0 Å². The molecule has 2 N–H and O–H groups in total.